The maximum Gasteiger partial charge on any atom is 0.295 e. The Hall–Kier alpha value is -3.12. The lowest BCUT2D eigenvalue weighted by Crippen LogP contribution is -2.36. The van der Waals surface area contributed by atoms with E-state index in [4.69, 9.17) is 9.47 Å². The van der Waals surface area contributed by atoms with E-state index in [-0.39, 0.29) is 17.4 Å². The fourth-order valence-electron chi connectivity index (χ4n) is 4.37. The minimum Gasteiger partial charge on any atom is -0.507 e. The van der Waals surface area contributed by atoms with Crippen LogP contribution in [0.5, 0.6) is 5.75 Å². The molecule has 2 unspecified atom stereocenters. The van der Waals surface area contributed by atoms with Gasteiger partial charge in [0, 0.05) is 18.7 Å². The molecule has 2 aromatic rings. The number of rotatable bonds is 8. The molecule has 4 rings (SSSR count). The van der Waals surface area contributed by atoms with Crippen LogP contribution in [0.2, 0.25) is 0 Å². The average Bonchev–Trinajstić information content (AvgIpc) is 3.42. The van der Waals surface area contributed by atoms with E-state index in [9.17, 15) is 14.7 Å². The van der Waals surface area contributed by atoms with Crippen molar-refractivity contribution in [2.75, 3.05) is 19.8 Å². The van der Waals surface area contributed by atoms with Gasteiger partial charge < -0.3 is 19.5 Å². The van der Waals surface area contributed by atoms with E-state index in [1.807, 2.05) is 43.3 Å². The molecular formula is C27H31NO5. The van der Waals surface area contributed by atoms with Crippen LogP contribution in [-0.4, -0.2) is 47.6 Å². The number of ether oxygens (including phenoxy) is 2. The lowest BCUT2D eigenvalue weighted by molar-refractivity contribution is -0.140. The molecule has 6 heteroatoms. The Kier molecular flexibility index (Phi) is 7.14. The van der Waals surface area contributed by atoms with Crippen molar-refractivity contribution in [3.63, 3.8) is 0 Å². The summed E-state index contributed by atoms with van der Waals surface area (Å²) in [7, 11) is 0. The van der Waals surface area contributed by atoms with E-state index in [1.165, 1.54) is 0 Å². The second-order valence-electron chi connectivity index (χ2n) is 8.72. The number of aliphatic hydroxyl groups is 1. The topological polar surface area (TPSA) is 76.1 Å². The summed E-state index contributed by atoms with van der Waals surface area (Å²) >= 11 is 0. The van der Waals surface area contributed by atoms with Crippen molar-refractivity contribution in [2.45, 2.75) is 51.7 Å². The van der Waals surface area contributed by atoms with Gasteiger partial charge in [-0.15, -0.1) is 0 Å². The van der Waals surface area contributed by atoms with E-state index in [1.54, 1.807) is 17.0 Å². The largest absolute Gasteiger partial charge is 0.507 e. The molecule has 2 aliphatic rings. The highest BCUT2D eigenvalue weighted by Gasteiger charge is 2.47. The molecule has 0 aromatic heterocycles. The summed E-state index contributed by atoms with van der Waals surface area (Å²) in [5.74, 6) is -0.690. The van der Waals surface area contributed by atoms with Gasteiger partial charge in [0.05, 0.1) is 24.3 Å². The van der Waals surface area contributed by atoms with Gasteiger partial charge in [-0.3, -0.25) is 9.59 Å². The van der Waals surface area contributed by atoms with Gasteiger partial charge in [-0.2, -0.15) is 0 Å². The molecule has 0 spiro atoms. The molecule has 1 amide bonds. The number of hydrogen-bond acceptors (Lipinski definition) is 5. The number of nitrogens with zero attached hydrogens (tertiary/aromatic N) is 1. The highest BCUT2D eigenvalue weighted by atomic mass is 16.5. The number of carbonyl (C=O) groups excluding carboxylic acids is 2. The standard InChI is InChI=1S/C27H31NO5/c1-3-4-15-32-21-13-11-19(12-14-21)24-23(25(29)20-9-7-18(2)8-10-20)26(30)27(31)28(24)17-22-6-5-16-33-22/h7-14,22,24,29H,3-6,15-17H2,1-2H3. The number of carbonyl (C=O) groups is 2. The second-order valence-corrected chi connectivity index (χ2v) is 8.72. The first kappa shape index (κ1) is 23.1. The van der Waals surface area contributed by atoms with Crippen molar-refractivity contribution in [1.29, 1.82) is 0 Å². The lowest BCUT2D eigenvalue weighted by Gasteiger charge is -2.27. The molecule has 0 saturated carbocycles. The van der Waals surface area contributed by atoms with Gasteiger partial charge in [-0.1, -0.05) is 55.3 Å². The normalized spacial score (nSPS) is 22.2. The van der Waals surface area contributed by atoms with Crippen molar-refractivity contribution < 1.29 is 24.2 Å². The van der Waals surface area contributed by atoms with Crippen molar-refractivity contribution in [3.05, 3.63) is 70.8 Å². The SMILES string of the molecule is CCCCOc1ccc(C2C(=C(O)c3ccc(C)cc3)C(=O)C(=O)N2CC2CCCO2)cc1. The van der Waals surface area contributed by atoms with Crippen LogP contribution in [0.25, 0.3) is 5.76 Å². The zero-order chi connectivity index (χ0) is 23.4. The van der Waals surface area contributed by atoms with Gasteiger partial charge in [-0.25, -0.2) is 0 Å². The average molecular weight is 450 g/mol. The number of Topliss-reactive ketones (excluding diaryl/α,β-unsaturated/α-hetero) is 1. The van der Waals surface area contributed by atoms with Gasteiger partial charge in [0.2, 0.25) is 0 Å². The van der Waals surface area contributed by atoms with Gasteiger partial charge in [0.1, 0.15) is 11.5 Å². The predicted octanol–water partition coefficient (Wildman–Crippen LogP) is 4.77. The summed E-state index contributed by atoms with van der Waals surface area (Å²) in [4.78, 5) is 27.7. The molecule has 2 aliphatic heterocycles. The zero-order valence-electron chi connectivity index (χ0n) is 19.3. The highest BCUT2D eigenvalue weighted by molar-refractivity contribution is 6.46. The molecule has 2 aromatic carbocycles. The van der Waals surface area contributed by atoms with Crippen LogP contribution in [0.3, 0.4) is 0 Å². The third kappa shape index (κ3) is 4.96. The van der Waals surface area contributed by atoms with Crippen molar-refractivity contribution in [3.8, 4) is 5.75 Å². The maximum absolute atomic E-state index is 13.1. The van der Waals surface area contributed by atoms with Crippen molar-refractivity contribution in [1.82, 2.24) is 4.90 Å². The van der Waals surface area contributed by atoms with Crippen LogP contribution in [-0.2, 0) is 14.3 Å². The maximum atomic E-state index is 13.1. The highest BCUT2D eigenvalue weighted by Crippen LogP contribution is 2.40. The number of aliphatic hydroxyl groups excluding tert-OH is 1. The molecule has 2 saturated heterocycles. The quantitative estimate of drug-likeness (QED) is 0.272. The zero-order valence-corrected chi connectivity index (χ0v) is 19.3. The molecule has 0 aliphatic carbocycles. The van der Waals surface area contributed by atoms with E-state index in [0.29, 0.717) is 25.3 Å². The Morgan fingerprint density at radius 1 is 1.12 bits per heavy atom. The summed E-state index contributed by atoms with van der Waals surface area (Å²) in [6.07, 6.45) is 3.70. The van der Waals surface area contributed by atoms with E-state index >= 15 is 0 Å². The van der Waals surface area contributed by atoms with Gasteiger partial charge in [0.25, 0.3) is 11.7 Å². The summed E-state index contributed by atoms with van der Waals surface area (Å²) in [5, 5.41) is 11.1. The Labute approximate surface area is 194 Å². The Bertz CT molecular complexity index is 1020. The second kappa shape index (κ2) is 10.2. The molecule has 6 nitrogen and oxygen atoms in total. The number of amides is 1. The summed E-state index contributed by atoms with van der Waals surface area (Å²) in [6, 6.07) is 14.0. The number of aryl methyl sites for hydroxylation is 1. The first-order valence-corrected chi connectivity index (χ1v) is 11.7. The van der Waals surface area contributed by atoms with E-state index < -0.39 is 17.7 Å². The van der Waals surface area contributed by atoms with Crippen LogP contribution in [0.1, 0.15) is 55.3 Å². The molecule has 2 heterocycles. The molecule has 2 fully saturated rings. The fourth-order valence-corrected chi connectivity index (χ4v) is 4.37. The summed E-state index contributed by atoms with van der Waals surface area (Å²) in [6.45, 7) is 5.67. The number of hydrogen-bond donors (Lipinski definition) is 1. The molecule has 33 heavy (non-hydrogen) atoms. The number of ketones is 1. The molecule has 2 atom stereocenters. The Balaban J connectivity index is 1.72. The number of likely N-dealkylation sites (tertiary alicyclic amines) is 1. The van der Waals surface area contributed by atoms with Crippen molar-refractivity contribution in [2.24, 2.45) is 0 Å². The van der Waals surface area contributed by atoms with Crippen LogP contribution >= 0.6 is 0 Å². The van der Waals surface area contributed by atoms with Gasteiger partial charge in [0.15, 0.2) is 0 Å². The van der Waals surface area contributed by atoms with Gasteiger partial charge in [-0.05, 0) is 43.9 Å². The summed E-state index contributed by atoms with van der Waals surface area (Å²) < 4.78 is 11.5. The van der Waals surface area contributed by atoms with E-state index in [0.717, 1.165) is 42.6 Å². The molecular weight excluding hydrogens is 418 g/mol. The predicted molar refractivity (Wildman–Crippen MR) is 126 cm³/mol. The smallest absolute Gasteiger partial charge is 0.295 e. The van der Waals surface area contributed by atoms with Crippen LogP contribution in [0.15, 0.2) is 54.1 Å². The number of unbranched alkanes of at least 4 members (excludes halogenated alkanes) is 1. The van der Waals surface area contributed by atoms with Crippen molar-refractivity contribution >= 4 is 17.4 Å². The van der Waals surface area contributed by atoms with E-state index in [2.05, 4.69) is 6.92 Å². The fraction of sp³-hybridized carbons (Fsp3) is 0.407. The summed E-state index contributed by atoms with van der Waals surface area (Å²) in [5.41, 5.74) is 2.42. The minimum atomic E-state index is -0.680. The van der Waals surface area contributed by atoms with Crippen LogP contribution in [0, 0.1) is 6.92 Å². The molecule has 174 valence electrons. The Morgan fingerprint density at radius 3 is 2.48 bits per heavy atom. The minimum absolute atomic E-state index is 0.109. The van der Waals surface area contributed by atoms with Crippen LogP contribution < -0.4 is 4.74 Å². The Morgan fingerprint density at radius 2 is 1.85 bits per heavy atom. The molecule has 0 radical (unpaired) electrons. The molecule has 0 bridgehead atoms. The first-order valence-electron chi connectivity index (χ1n) is 11.7. The number of benzene rings is 2. The monoisotopic (exact) mass is 449 g/mol. The molecule has 1 N–H and O–H groups in total. The van der Waals surface area contributed by atoms with Gasteiger partial charge >= 0.3 is 0 Å². The lowest BCUT2D eigenvalue weighted by atomic mass is 9.95. The first-order chi connectivity index (χ1) is 16.0. The third-order valence-corrected chi connectivity index (χ3v) is 6.25. The van der Waals surface area contributed by atoms with Crippen LogP contribution in [0.4, 0.5) is 0 Å². The third-order valence-electron chi connectivity index (χ3n) is 6.25.